The average Bonchev–Trinajstić information content (AvgIpc) is 3.08. The smallest absolute Gasteiger partial charge is 0.408 e. The average molecular weight is 366 g/mol. The summed E-state index contributed by atoms with van der Waals surface area (Å²) in [5.74, 6) is -0.291. The van der Waals surface area contributed by atoms with Gasteiger partial charge in [0.2, 0.25) is 0 Å². The molecule has 0 amide bonds. The van der Waals surface area contributed by atoms with E-state index in [4.69, 9.17) is 4.42 Å². The first-order valence-corrected chi connectivity index (χ1v) is 8.78. The zero-order valence-electron chi connectivity index (χ0n) is 11.9. The minimum atomic E-state index is -0.291. The Morgan fingerprint density at radius 3 is 2.86 bits per heavy atom. The van der Waals surface area contributed by atoms with Crippen LogP contribution in [-0.4, -0.2) is 4.57 Å². The highest BCUT2D eigenvalue weighted by molar-refractivity contribution is 9.09. The van der Waals surface area contributed by atoms with Gasteiger partial charge >= 0.3 is 5.76 Å². The second-order valence-corrected chi connectivity index (χ2v) is 6.73. The van der Waals surface area contributed by atoms with Crippen LogP contribution in [0.5, 0.6) is 0 Å². The number of alkyl halides is 1. The van der Waals surface area contributed by atoms with Gasteiger partial charge in [-0.2, -0.15) is 0 Å². The van der Waals surface area contributed by atoms with E-state index in [0.717, 1.165) is 17.5 Å². The summed E-state index contributed by atoms with van der Waals surface area (Å²) < 4.78 is 6.99. The number of thiophene rings is 1. The number of benzene rings is 1. The van der Waals surface area contributed by atoms with Gasteiger partial charge in [-0.05, 0) is 48.1 Å². The Morgan fingerprint density at radius 2 is 2.14 bits per heavy atom. The maximum atomic E-state index is 11.8. The van der Waals surface area contributed by atoms with Crippen molar-refractivity contribution in [2.75, 3.05) is 0 Å². The first-order chi connectivity index (χ1) is 10.2. The van der Waals surface area contributed by atoms with Crippen LogP contribution in [0.1, 0.15) is 34.7 Å². The summed E-state index contributed by atoms with van der Waals surface area (Å²) in [6, 6.07) is 8.15. The van der Waals surface area contributed by atoms with Crippen LogP contribution in [0.3, 0.4) is 0 Å². The summed E-state index contributed by atoms with van der Waals surface area (Å²) in [5, 5.41) is 2.12. The molecule has 0 aliphatic heterocycles. The fourth-order valence-electron chi connectivity index (χ4n) is 2.55. The highest BCUT2D eigenvalue weighted by Gasteiger charge is 2.17. The number of hydrogen-bond donors (Lipinski definition) is 0. The Kier molecular flexibility index (Phi) is 4.04. The van der Waals surface area contributed by atoms with Crippen molar-refractivity contribution in [3.63, 3.8) is 0 Å². The van der Waals surface area contributed by atoms with E-state index in [0.29, 0.717) is 12.1 Å². The largest absolute Gasteiger partial charge is 0.419 e. The number of oxazole rings is 1. The number of nitrogens with zero attached hydrogens (tertiary/aromatic N) is 1. The minimum Gasteiger partial charge on any atom is -0.408 e. The molecule has 1 unspecified atom stereocenters. The van der Waals surface area contributed by atoms with Crippen LogP contribution in [0.2, 0.25) is 0 Å². The first-order valence-electron chi connectivity index (χ1n) is 6.99. The molecular weight excluding hydrogens is 350 g/mol. The Labute approximate surface area is 135 Å². The van der Waals surface area contributed by atoms with Crippen molar-refractivity contribution in [2.45, 2.75) is 31.6 Å². The van der Waals surface area contributed by atoms with Gasteiger partial charge < -0.3 is 4.42 Å². The second-order valence-electron chi connectivity index (χ2n) is 4.87. The van der Waals surface area contributed by atoms with Gasteiger partial charge in [0.05, 0.1) is 10.3 Å². The maximum absolute atomic E-state index is 11.8. The van der Waals surface area contributed by atoms with E-state index in [-0.39, 0.29) is 10.6 Å². The normalized spacial score (nSPS) is 12.9. The third kappa shape index (κ3) is 2.49. The predicted molar refractivity (Wildman–Crippen MR) is 90.6 cm³/mol. The molecule has 0 spiro atoms. The van der Waals surface area contributed by atoms with E-state index in [1.165, 1.54) is 10.4 Å². The zero-order valence-corrected chi connectivity index (χ0v) is 14.3. The molecule has 3 aromatic rings. The van der Waals surface area contributed by atoms with E-state index >= 15 is 0 Å². The predicted octanol–water partition coefficient (Wildman–Crippen LogP) is 4.72. The molecule has 110 valence electrons. The van der Waals surface area contributed by atoms with Crippen LogP contribution in [0, 0.1) is 0 Å². The van der Waals surface area contributed by atoms with Crippen molar-refractivity contribution in [3.8, 4) is 0 Å². The molecule has 0 aliphatic rings. The molecule has 1 aromatic carbocycles. The number of fused-ring (bicyclic) bond motifs is 1. The third-order valence-corrected chi connectivity index (χ3v) is 6.01. The molecular formula is C16H16BrNO2S. The number of halogens is 1. The summed E-state index contributed by atoms with van der Waals surface area (Å²) in [6.07, 6.45) is 1.02. The van der Waals surface area contributed by atoms with Crippen molar-refractivity contribution in [1.29, 1.82) is 0 Å². The van der Waals surface area contributed by atoms with Gasteiger partial charge in [0.1, 0.15) is 0 Å². The highest BCUT2D eigenvalue weighted by atomic mass is 79.9. The molecule has 2 aromatic heterocycles. The monoisotopic (exact) mass is 365 g/mol. The Hall–Kier alpha value is -1.33. The van der Waals surface area contributed by atoms with E-state index in [1.807, 2.05) is 19.1 Å². The molecule has 0 N–H and O–H groups in total. The van der Waals surface area contributed by atoms with Crippen molar-refractivity contribution >= 4 is 38.4 Å². The number of aromatic nitrogens is 1. The van der Waals surface area contributed by atoms with Crippen LogP contribution < -0.4 is 5.76 Å². The van der Waals surface area contributed by atoms with Crippen LogP contribution in [0.15, 0.2) is 38.9 Å². The van der Waals surface area contributed by atoms with Crippen molar-refractivity contribution in [2.24, 2.45) is 0 Å². The van der Waals surface area contributed by atoms with Crippen LogP contribution in [0.25, 0.3) is 11.1 Å². The molecule has 0 radical (unpaired) electrons. The fourth-order valence-corrected chi connectivity index (χ4v) is 4.45. The van der Waals surface area contributed by atoms with E-state index in [9.17, 15) is 4.79 Å². The summed E-state index contributed by atoms with van der Waals surface area (Å²) in [6.45, 7) is 4.72. The fraction of sp³-hybridized carbons (Fsp3) is 0.312. The molecule has 0 fully saturated rings. The molecule has 0 bridgehead atoms. The lowest BCUT2D eigenvalue weighted by atomic mass is 10.1. The Balaban J connectivity index is 2.07. The van der Waals surface area contributed by atoms with Gasteiger partial charge in [0.25, 0.3) is 0 Å². The standard InChI is InChI=1S/C16H16BrNO2S/c1-3-10-7-8-21-15(10)14(17)11-5-6-12-13(9-11)20-16(19)18(12)4-2/h5-9,14H,3-4H2,1-2H3. The SMILES string of the molecule is CCc1ccsc1C(Br)c1ccc2c(c1)oc(=O)n2CC. The van der Waals surface area contributed by atoms with Crippen molar-refractivity contribution < 1.29 is 4.42 Å². The minimum absolute atomic E-state index is 0.132. The lowest BCUT2D eigenvalue weighted by molar-refractivity contribution is 0.513. The summed E-state index contributed by atoms with van der Waals surface area (Å²) in [4.78, 5) is 13.2. The topological polar surface area (TPSA) is 35.1 Å². The Morgan fingerprint density at radius 1 is 1.33 bits per heavy atom. The molecule has 3 nitrogen and oxygen atoms in total. The van der Waals surface area contributed by atoms with Crippen molar-refractivity contribution in [1.82, 2.24) is 4.57 Å². The van der Waals surface area contributed by atoms with E-state index < -0.39 is 0 Å². The quantitative estimate of drug-likeness (QED) is 0.626. The third-order valence-electron chi connectivity index (χ3n) is 3.69. The van der Waals surface area contributed by atoms with Gasteiger partial charge in [-0.1, -0.05) is 28.9 Å². The van der Waals surface area contributed by atoms with E-state index in [2.05, 4.69) is 40.4 Å². The number of hydrogen-bond acceptors (Lipinski definition) is 3. The molecule has 0 saturated heterocycles. The molecule has 0 aliphatic carbocycles. The second kappa shape index (κ2) is 5.81. The molecule has 1 atom stereocenters. The lowest BCUT2D eigenvalue weighted by Crippen LogP contribution is -2.11. The highest BCUT2D eigenvalue weighted by Crippen LogP contribution is 2.37. The Bertz CT molecular complexity index is 830. The summed E-state index contributed by atoms with van der Waals surface area (Å²) in [5.41, 5.74) is 3.97. The van der Waals surface area contributed by atoms with Gasteiger partial charge in [-0.3, -0.25) is 4.57 Å². The van der Waals surface area contributed by atoms with Gasteiger partial charge in [0.15, 0.2) is 5.58 Å². The number of aryl methyl sites for hydroxylation is 2. The van der Waals surface area contributed by atoms with Gasteiger partial charge in [-0.25, -0.2) is 4.79 Å². The molecule has 2 heterocycles. The summed E-state index contributed by atoms with van der Waals surface area (Å²) >= 11 is 5.53. The molecule has 0 saturated carbocycles. The lowest BCUT2D eigenvalue weighted by Gasteiger charge is -2.10. The zero-order chi connectivity index (χ0) is 15.0. The number of rotatable bonds is 4. The summed E-state index contributed by atoms with van der Waals surface area (Å²) in [7, 11) is 0. The first kappa shape index (κ1) is 14.6. The molecule has 5 heteroatoms. The molecule has 21 heavy (non-hydrogen) atoms. The van der Waals surface area contributed by atoms with Gasteiger partial charge in [-0.15, -0.1) is 11.3 Å². The maximum Gasteiger partial charge on any atom is 0.419 e. The van der Waals surface area contributed by atoms with Crippen LogP contribution in [0.4, 0.5) is 0 Å². The van der Waals surface area contributed by atoms with Gasteiger partial charge in [0, 0.05) is 11.4 Å². The van der Waals surface area contributed by atoms with Crippen molar-refractivity contribution in [3.05, 3.63) is 56.2 Å². The molecule has 3 rings (SSSR count). The van der Waals surface area contributed by atoms with Crippen LogP contribution in [-0.2, 0) is 13.0 Å². The van der Waals surface area contributed by atoms with Crippen LogP contribution >= 0.6 is 27.3 Å². The van der Waals surface area contributed by atoms with E-state index in [1.54, 1.807) is 15.9 Å².